The van der Waals surface area contributed by atoms with Crippen molar-refractivity contribution in [1.29, 1.82) is 0 Å². The van der Waals surface area contributed by atoms with E-state index in [0.29, 0.717) is 31.8 Å². The normalized spacial score (nSPS) is 23.6. The number of rotatable bonds is 11. The van der Waals surface area contributed by atoms with Crippen LogP contribution < -0.4 is 0 Å². The highest BCUT2D eigenvalue weighted by Gasteiger charge is 2.46. The van der Waals surface area contributed by atoms with Gasteiger partial charge in [-0.3, -0.25) is 4.79 Å². The van der Waals surface area contributed by atoms with E-state index >= 15 is 0 Å². The summed E-state index contributed by atoms with van der Waals surface area (Å²) >= 11 is 4.58. The second kappa shape index (κ2) is 14.6. The first-order valence-corrected chi connectivity index (χ1v) is 14.5. The third kappa shape index (κ3) is 11.1. The second-order valence-electron chi connectivity index (χ2n) is 13.5. The van der Waals surface area contributed by atoms with Crippen LogP contribution in [0, 0.1) is 0 Å². The molecule has 0 aliphatic carbocycles. The van der Waals surface area contributed by atoms with Crippen molar-refractivity contribution in [3.8, 4) is 0 Å². The molecule has 1 N–H and O–H groups in total. The van der Waals surface area contributed by atoms with Crippen LogP contribution in [0.1, 0.15) is 132 Å². The predicted octanol–water partition coefficient (Wildman–Crippen LogP) is 6.76. The minimum atomic E-state index is -0.395. The van der Waals surface area contributed by atoms with E-state index in [2.05, 4.69) is 44.8 Å². The Morgan fingerprint density at radius 1 is 0.811 bits per heavy atom. The van der Waals surface area contributed by atoms with E-state index < -0.39 is 11.1 Å². The van der Waals surface area contributed by atoms with Crippen molar-refractivity contribution >= 4 is 25.1 Å². The van der Waals surface area contributed by atoms with Crippen LogP contribution in [0.5, 0.6) is 0 Å². The average Bonchev–Trinajstić information content (AvgIpc) is 2.77. The molecule has 7 nitrogen and oxygen atoms in total. The lowest BCUT2D eigenvalue weighted by Gasteiger charge is -2.52. The van der Waals surface area contributed by atoms with Gasteiger partial charge in [0.25, 0.3) is 0 Å². The van der Waals surface area contributed by atoms with Crippen molar-refractivity contribution in [1.82, 2.24) is 9.37 Å². The van der Waals surface area contributed by atoms with Crippen LogP contribution in [0.3, 0.4) is 0 Å². The smallest absolute Gasteiger partial charge is 0.306 e. The molecule has 0 aromatic heterocycles. The molecule has 2 rings (SSSR count). The lowest BCUT2D eigenvalue weighted by molar-refractivity contribution is -0.259. The molecule has 2 fully saturated rings. The monoisotopic (exact) mass is 544 g/mol. The van der Waals surface area contributed by atoms with E-state index in [1.54, 1.807) is 7.11 Å². The number of esters is 1. The zero-order valence-corrected chi connectivity index (χ0v) is 26.0. The predicted molar refractivity (Wildman–Crippen MR) is 153 cm³/mol. The first-order valence-electron chi connectivity index (χ1n) is 14.1. The largest absolute Gasteiger partial charge is 0.462 e. The maximum atomic E-state index is 12.1. The van der Waals surface area contributed by atoms with Crippen molar-refractivity contribution in [2.24, 2.45) is 0 Å². The summed E-state index contributed by atoms with van der Waals surface area (Å²) < 4.78 is 13.3. The zero-order valence-electron chi connectivity index (χ0n) is 25.1. The number of aldehydes is 1. The van der Waals surface area contributed by atoms with E-state index in [4.69, 9.17) is 9.47 Å². The molecule has 0 bridgehead atoms. The van der Waals surface area contributed by atoms with Crippen molar-refractivity contribution in [3.05, 3.63) is 0 Å². The summed E-state index contributed by atoms with van der Waals surface area (Å²) in [7, 11) is 1.80. The lowest BCUT2D eigenvalue weighted by atomic mass is 9.80. The Bertz CT molecular complexity index is 674. The topological polar surface area (TPSA) is 79.3 Å². The number of piperidine rings is 2. The molecule has 0 atom stereocenters. The highest BCUT2D eigenvalue weighted by atomic mass is 32.1. The van der Waals surface area contributed by atoms with Gasteiger partial charge in [0.15, 0.2) is 0 Å². The molecule has 2 aliphatic rings. The second-order valence-corrected chi connectivity index (χ2v) is 13.9. The molecule has 0 radical (unpaired) electrons. The van der Waals surface area contributed by atoms with E-state index in [1.165, 1.54) is 5.06 Å². The van der Waals surface area contributed by atoms with E-state index in [-0.39, 0.29) is 23.2 Å². The fourth-order valence-corrected chi connectivity index (χ4v) is 6.22. The third-order valence-electron chi connectivity index (χ3n) is 7.79. The van der Waals surface area contributed by atoms with Gasteiger partial charge in [-0.1, -0.05) is 38.5 Å². The van der Waals surface area contributed by atoms with Gasteiger partial charge in [-0.15, -0.1) is 0 Å². The first kappa shape index (κ1) is 34.4. The van der Waals surface area contributed by atoms with Gasteiger partial charge in [0.05, 0.1) is 6.10 Å². The van der Waals surface area contributed by atoms with Crippen molar-refractivity contribution in [2.75, 3.05) is 7.11 Å². The highest BCUT2D eigenvalue weighted by molar-refractivity contribution is 7.77. The van der Waals surface area contributed by atoms with Crippen LogP contribution in [0.2, 0.25) is 0 Å². The van der Waals surface area contributed by atoms with Crippen molar-refractivity contribution < 1.29 is 24.3 Å². The number of thiol groups is 1. The standard InChI is InChI=1S/C19H35NO4.C10H21NOS/c1-18(2)14-16(15-19(3,4)20(18)23)24-17(22)12-10-8-6-5-7-9-11-13-21;1-9(2)6-8(12-5)7-10(3,4)11(9)13/h13,16,23H,5-12,14-15H2,1-4H3;8,13H,6-7H2,1-5H3. The Morgan fingerprint density at radius 3 is 1.70 bits per heavy atom. The molecule has 8 heteroatoms. The van der Waals surface area contributed by atoms with Crippen LogP contribution in [-0.2, 0) is 19.1 Å². The molecule has 0 amide bonds. The number of hydrogen-bond acceptors (Lipinski definition) is 8. The number of nitrogens with zero attached hydrogens (tertiary/aromatic N) is 2. The minimum Gasteiger partial charge on any atom is -0.462 e. The Kier molecular flexibility index (Phi) is 13.6. The maximum Gasteiger partial charge on any atom is 0.306 e. The lowest BCUT2D eigenvalue weighted by Crippen LogP contribution is -2.60. The molecular formula is C29H56N2O5S. The number of unbranched alkanes of at least 4 members (excludes halogenated alkanes) is 6. The fourth-order valence-electron chi connectivity index (χ4n) is 6.06. The van der Waals surface area contributed by atoms with Crippen LogP contribution in [0.25, 0.3) is 0 Å². The zero-order chi connectivity index (χ0) is 28.5. The third-order valence-corrected chi connectivity index (χ3v) is 8.87. The first-order chi connectivity index (χ1) is 17.0. The summed E-state index contributed by atoms with van der Waals surface area (Å²) in [5.74, 6) is -0.126. The highest BCUT2D eigenvalue weighted by Crippen LogP contribution is 2.40. The van der Waals surface area contributed by atoms with Crippen LogP contribution in [0.15, 0.2) is 0 Å². The molecule has 2 saturated heterocycles. The molecule has 2 heterocycles. The number of carbonyl (C=O) groups is 2. The molecule has 0 saturated carbocycles. The van der Waals surface area contributed by atoms with Gasteiger partial charge in [0, 0.05) is 54.9 Å². The number of carbonyl (C=O) groups excluding carboxylic acids is 2. The Hall–Kier alpha value is -0.670. The number of ether oxygens (including phenoxy) is 2. The number of hydroxylamine groups is 2. The van der Waals surface area contributed by atoms with Crippen molar-refractivity contribution in [3.63, 3.8) is 0 Å². The van der Waals surface area contributed by atoms with Gasteiger partial charge in [0.2, 0.25) is 0 Å². The molecule has 218 valence electrons. The van der Waals surface area contributed by atoms with Gasteiger partial charge in [0.1, 0.15) is 12.4 Å². The summed E-state index contributed by atoms with van der Waals surface area (Å²) in [6.07, 6.45) is 11.9. The Morgan fingerprint density at radius 2 is 1.24 bits per heavy atom. The molecule has 0 spiro atoms. The summed E-state index contributed by atoms with van der Waals surface area (Å²) in [5, 5.41) is 11.7. The number of methoxy groups -OCH3 is 1. The van der Waals surface area contributed by atoms with E-state index in [9.17, 15) is 14.8 Å². The summed E-state index contributed by atoms with van der Waals surface area (Å²) in [4.78, 5) is 22.3. The number of hydrogen-bond donors (Lipinski definition) is 2. The average molecular weight is 545 g/mol. The quantitative estimate of drug-likeness (QED) is 0.129. The Balaban J connectivity index is 0.000000442. The maximum absolute atomic E-state index is 12.1. The molecule has 0 unspecified atom stereocenters. The fraction of sp³-hybridized carbons (Fsp3) is 0.931. The van der Waals surface area contributed by atoms with Gasteiger partial charge >= 0.3 is 5.97 Å². The van der Waals surface area contributed by atoms with Crippen molar-refractivity contribution in [2.45, 2.75) is 167 Å². The summed E-state index contributed by atoms with van der Waals surface area (Å²) in [5.41, 5.74) is -0.556. The van der Waals surface area contributed by atoms with Crippen LogP contribution in [0.4, 0.5) is 0 Å². The van der Waals surface area contributed by atoms with Gasteiger partial charge in [-0.25, -0.2) is 4.31 Å². The van der Waals surface area contributed by atoms with E-state index in [1.807, 2.05) is 27.7 Å². The summed E-state index contributed by atoms with van der Waals surface area (Å²) in [6.45, 7) is 16.7. The van der Waals surface area contributed by atoms with Gasteiger partial charge in [-0.2, -0.15) is 5.06 Å². The SMILES string of the molecule is CC1(C)CC(OC(=O)CCCCCCCCC=O)CC(C)(C)N1O.COC1CC(C)(C)N(S)C(C)(C)C1. The van der Waals surface area contributed by atoms with E-state index in [0.717, 1.165) is 57.7 Å². The molecule has 0 aromatic rings. The Labute approximate surface area is 232 Å². The van der Waals surface area contributed by atoms with Crippen LogP contribution >= 0.6 is 12.8 Å². The molecule has 37 heavy (non-hydrogen) atoms. The summed E-state index contributed by atoms with van der Waals surface area (Å²) in [6, 6.07) is 0. The van der Waals surface area contributed by atoms with Gasteiger partial charge in [-0.05, 0) is 81.1 Å². The molecular weight excluding hydrogens is 488 g/mol. The molecule has 0 aromatic carbocycles. The van der Waals surface area contributed by atoms with Gasteiger partial charge < -0.3 is 19.5 Å². The molecule has 2 aliphatic heterocycles. The van der Waals surface area contributed by atoms with Crippen LogP contribution in [-0.4, -0.2) is 68.3 Å². The minimum absolute atomic E-state index is 0.117.